The molecule has 5 nitrogen and oxygen atoms in total. The van der Waals surface area contributed by atoms with E-state index in [2.05, 4.69) is 11.5 Å². The minimum Gasteiger partial charge on any atom is -0.454 e. The summed E-state index contributed by atoms with van der Waals surface area (Å²) in [4.78, 5) is 5.15. The van der Waals surface area contributed by atoms with E-state index in [0.717, 1.165) is 45.9 Å². The van der Waals surface area contributed by atoms with Gasteiger partial charge in [-0.05, 0) is 5.56 Å². The molecule has 2 aromatic carbocycles. The van der Waals surface area contributed by atoms with Crippen molar-refractivity contribution in [1.82, 2.24) is 9.55 Å². The first-order valence-corrected chi connectivity index (χ1v) is 8.24. The summed E-state index contributed by atoms with van der Waals surface area (Å²) in [5.41, 5.74) is 9.78. The Balaban J connectivity index is 1.86. The summed E-state index contributed by atoms with van der Waals surface area (Å²) >= 11 is 5.18. The number of hydrogen-bond donors (Lipinski definition) is 1. The van der Waals surface area contributed by atoms with Crippen LogP contribution in [0.15, 0.2) is 36.4 Å². The van der Waals surface area contributed by atoms with Gasteiger partial charge in [-0.1, -0.05) is 43.4 Å². The molecule has 2 heterocycles. The van der Waals surface area contributed by atoms with E-state index in [1.807, 2.05) is 36.4 Å². The minimum absolute atomic E-state index is 0.257. The summed E-state index contributed by atoms with van der Waals surface area (Å²) in [6, 6.07) is 11.9. The van der Waals surface area contributed by atoms with Gasteiger partial charge in [0.25, 0.3) is 0 Å². The molecule has 1 aliphatic rings. The van der Waals surface area contributed by atoms with Crippen molar-refractivity contribution in [2.24, 2.45) is 5.73 Å². The SMILES string of the molecule is CCc1nc2cc3c(cc2n1Cc1ccccc1C(N)=S)OCO3. The van der Waals surface area contributed by atoms with Gasteiger partial charge < -0.3 is 19.8 Å². The van der Waals surface area contributed by atoms with E-state index in [0.29, 0.717) is 11.5 Å². The zero-order chi connectivity index (χ0) is 16.7. The first-order chi connectivity index (χ1) is 11.7. The lowest BCUT2D eigenvalue weighted by Crippen LogP contribution is -2.14. The van der Waals surface area contributed by atoms with Gasteiger partial charge in [-0.2, -0.15) is 0 Å². The van der Waals surface area contributed by atoms with Crippen LogP contribution in [-0.4, -0.2) is 21.3 Å². The monoisotopic (exact) mass is 339 g/mol. The molecule has 0 unspecified atom stereocenters. The van der Waals surface area contributed by atoms with Crippen LogP contribution in [0.1, 0.15) is 23.9 Å². The molecule has 0 fully saturated rings. The van der Waals surface area contributed by atoms with E-state index >= 15 is 0 Å². The zero-order valence-electron chi connectivity index (χ0n) is 13.3. The molecule has 0 radical (unpaired) electrons. The van der Waals surface area contributed by atoms with E-state index in [4.69, 9.17) is 32.4 Å². The largest absolute Gasteiger partial charge is 0.454 e. The Labute approximate surface area is 145 Å². The Bertz CT molecular complexity index is 949. The van der Waals surface area contributed by atoms with Gasteiger partial charge in [0.1, 0.15) is 10.8 Å². The Hall–Kier alpha value is -2.60. The Morgan fingerprint density at radius 2 is 2.00 bits per heavy atom. The van der Waals surface area contributed by atoms with Crippen molar-refractivity contribution in [3.05, 3.63) is 53.3 Å². The number of nitrogens with zero attached hydrogens (tertiary/aromatic N) is 2. The number of thiocarbonyl (C=S) groups is 1. The smallest absolute Gasteiger partial charge is 0.231 e. The summed E-state index contributed by atoms with van der Waals surface area (Å²) in [6.07, 6.45) is 0.830. The van der Waals surface area contributed by atoms with Crippen LogP contribution in [0.2, 0.25) is 0 Å². The Kier molecular flexibility index (Phi) is 3.61. The number of rotatable bonds is 4. The molecule has 6 heteroatoms. The number of imidazole rings is 1. The Morgan fingerprint density at radius 1 is 1.25 bits per heavy atom. The fraction of sp³-hybridized carbons (Fsp3) is 0.222. The number of hydrogen-bond acceptors (Lipinski definition) is 4. The molecule has 0 saturated heterocycles. The van der Waals surface area contributed by atoms with Crippen molar-refractivity contribution >= 4 is 28.2 Å². The molecule has 3 aromatic rings. The van der Waals surface area contributed by atoms with Crippen LogP contribution >= 0.6 is 12.2 Å². The van der Waals surface area contributed by atoms with Crippen LogP contribution in [0.5, 0.6) is 11.5 Å². The summed E-state index contributed by atoms with van der Waals surface area (Å²) in [5.74, 6) is 2.51. The molecule has 4 rings (SSSR count). The molecule has 1 aliphatic heterocycles. The average Bonchev–Trinajstić information content (AvgIpc) is 3.17. The third-order valence-electron chi connectivity index (χ3n) is 4.25. The molecular weight excluding hydrogens is 322 g/mol. The standard InChI is InChI=1S/C18H17N3O2S/c1-2-17-20-13-7-15-16(23-10-22-15)8-14(13)21(17)9-11-5-3-4-6-12(11)18(19)24/h3-8H,2,9-10H2,1H3,(H2,19,24). The van der Waals surface area contributed by atoms with Gasteiger partial charge in [0.2, 0.25) is 6.79 Å². The number of aryl methyl sites for hydroxylation is 1. The summed E-state index contributed by atoms with van der Waals surface area (Å²) in [7, 11) is 0. The van der Waals surface area contributed by atoms with E-state index in [-0.39, 0.29) is 6.79 Å². The number of aromatic nitrogens is 2. The highest BCUT2D eigenvalue weighted by Gasteiger charge is 2.19. The van der Waals surface area contributed by atoms with Crippen molar-refractivity contribution in [2.75, 3.05) is 6.79 Å². The second-order valence-corrected chi connectivity index (χ2v) is 6.12. The van der Waals surface area contributed by atoms with Crippen LogP contribution in [0.4, 0.5) is 0 Å². The van der Waals surface area contributed by atoms with Crippen LogP contribution in [0, 0.1) is 0 Å². The average molecular weight is 339 g/mol. The number of fused-ring (bicyclic) bond motifs is 2. The summed E-state index contributed by atoms with van der Waals surface area (Å²) in [5, 5.41) is 0. The molecule has 0 atom stereocenters. The van der Waals surface area contributed by atoms with Gasteiger partial charge in [-0.25, -0.2) is 4.98 Å². The van der Waals surface area contributed by atoms with Crippen molar-refractivity contribution in [3.8, 4) is 11.5 Å². The highest BCUT2D eigenvalue weighted by molar-refractivity contribution is 7.80. The molecule has 24 heavy (non-hydrogen) atoms. The normalized spacial score (nSPS) is 12.7. The maximum absolute atomic E-state index is 5.87. The molecular formula is C18H17N3O2S. The zero-order valence-corrected chi connectivity index (χ0v) is 14.1. The summed E-state index contributed by atoms with van der Waals surface area (Å²) in [6.45, 7) is 3.01. The van der Waals surface area contributed by atoms with Crippen molar-refractivity contribution < 1.29 is 9.47 Å². The molecule has 1 aromatic heterocycles. The minimum atomic E-state index is 0.257. The number of benzene rings is 2. The predicted octanol–water partition coefficient (Wildman–Crippen LogP) is 3.01. The second kappa shape index (κ2) is 5.79. The maximum atomic E-state index is 5.87. The van der Waals surface area contributed by atoms with E-state index < -0.39 is 0 Å². The topological polar surface area (TPSA) is 62.3 Å². The van der Waals surface area contributed by atoms with Crippen LogP contribution in [0.3, 0.4) is 0 Å². The third-order valence-corrected chi connectivity index (χ3v) is 4.47. The van der Waals surface area contributed by atoms with Gasteiger partial charge in [0.15, 0.2) is 11.5 Å². The van der Waals surface area contributed by atoms with Gasteiger partial charge in [-0.15, -0.1) is 0 Å². The van der Waals surface area contributed by atoms with Crippen LogP contribution < -0.4 is 15.2 Å². The number of nitrogens with two attached hydrogens (primary N) is 1. The van der Waals surface area contributed by atoms with Crippen molar-refractivity contribution in [3.63, 3.8) is 0 Å². The lowest BCUT2D eigenvalue weighted by molar-refractivity contribution is 0.174. The predicted molar refractivity (Wildman–Crippen MR) is 96.7 cm³/mol. The molecule has 0 bridgehead atoms. The molecule has 2 N–H and O–H groups in total. The molecule has 0 saturated carbocycles. The van der Waals surface area contributed by atoms with Gasteiger partial charge in [-0.3, -0.25) is 0 Å². The first-order valence-electron chi connectivity index (χ1n) is 7.84. The molecule has 0 amide bonds. The fourth-order valence-electron chi connectivity index (χ4n) is 3.08. The van der Waals surface area contributed by atoms with E-state index in [1.165, 1.54) is 0 Å². The van der Waals surface area contributed by atoms with Gasteiger partial charge in [0, 0.05) is 24.1 Å². The number of ether oxygens (including phenoxy) is 2. The van der Waals surface area contributed by atoms with Gasteiger partial charge >= 0.3 is 0 Å². The van der Waals surface area contributed by atoms with Crippen LogP contribution in [0.25, 0.3) is 11.0 Å². The highest BCUT2D eigenvalue weighted by Crippen LogP contribution is 2.36. The lowest BCUT2D eigenvalue weighted by Gasteiger charge is -2.12. The molecule has 0 spiro atoms. The van der Waals surface area contributed by atoms with Crippen molar-refractivity contribution in [1.29, 1.82) is 0 Å². The Morgan fingerprint density at radius 3 is 2.75 bits per heavy atom. The van der Waals surface area contributed by atoms with Crippen LogP contribution in [-0.2, 0) is 13.0 Å². The fourth-order valence-corrected chi connectivity index (χ4v) is 3.28. The first kappa shape index (κ1) is 15.0. The third kappa shape index (κ3) is 2.39. The van der Waals surface area contributed by atoms with E-state index in [1.54, 1.807) is 0 Å². The second-order valence-electron chi connectivity index (χ2n) is 5.68. The lowest BCUT2D eigenvalue weighted by atomic mass is 10.1. The maximum Gasteiger partial charge on any atom is 0.231 e. The summed E-state index contributed by atoms with van der Waals surface area (Å²) < 4.78 is 13.2. The van der Waals surface area contributed by atoms with E-state index in [9.17, 15) is 0 Å². The molecule has 122 valence electrons. The quantitative estimate of drug-likeness (QED) is 0.740. The highest BCUT2D eigenvalue weighted by atomic mass is 32.1. The molecule has 0 aliphatic carbocycles. The van der Waals surface area contributed by atoms with Gasteiger partial charge in [0.05, 0.1) is 17.6 Å². The van der Waals surface area contributed by atoms with Crippen molar-refractivity contribution in [2.45, 2.75) is 19.9 Å².